The summed E-state index contributed by atoms with van der Waals surface area (Å²) < 4.78 is 19.6. The monoisotopic (exact) mass is 477 g/mol. The molecule has 8 heteroatoms. The molecule has 160 valence electrons. The second kappa shape index (κ2) is 11.4. The molecule has 1 unspecified atom stereocenters. The molecule has 0 aliphatic carbocycles. The van der Waals surface area contributed by atoms with E-state index < -0.39 is 23.7 Å². The quantitative estimate of drug-likeness (QED) is 0.417. The number of ether oxygens (including phenoxy) is 1. The third-order valence-electron chi connectivity index (χ3n) is 4.15. The zero-order valence-corrected chi connectivity index (χ0v) is 18.7. The van der Waals surface area contributed by atoms with E-state index in [0.29, 0.717) is 17.9 Å². The van der Waals surface area contributed by atoms with Gasteiger partial charge in [0, 0.05) is 15.6 Å². The molecule has 0 saturated carbocycles. The maximum atomic E-state index is 13.0. The molecule has 0 saturated heterocycles. The van der Waals surface area contributed by atoms with Crippen molar-refractivity contribution < 1.29 is 18.7 Å². The Kier molecular flexibility index (Phi) is 8.98. The minimum absolute atomic E-state index is 0.182. The van der Waals surface area contributed by atoms with E-state index >= 15 is 0 Å². The molecule has 2 amide bonds. The van der Waals surface area contributed by atoms with Gasteiger partial charge in [0.05, 0.1) is 12.8 Å². The number of carbonyl (C=O) groups excluding carboxylic acids is 2. The van der Waals surface area contributed by atoms with E-state index in [-0.39, 0.29) is 11.5 Å². The molecule has 0 heterocycles. The van der Waals surface area contributed by atoms with E-state index in [1.54, 1.807) is 0 Å². The third-order valence-corrected chi connectivity index (χ3v) is 4.65. The Hall–Kier alpha value is -2.74. The second-order valence-corrected chi connectivity index (χ2v) is 7.88. The number of rotatable bonds is 9. The Labute approximate surface area is 184 Å². The van der Waals surface area contributed by atoms with Crippen molar-refractivity contribution in [1.82, 2.24) is 10.7 Å². The fourth-order valence-electron chi connectivity index (χ4n) is 2.56. The summed E-state index contributed by atoms with van der Waals surface area (Å²) in [5.74, 6) is -0.881. The highest BCUT2D eigenvalue weighted by atomic mass is 79.9. The minimum atomic E-state index is -0.807. The highest BCUT2D eigenvalue weighted by Crippen LogP contribution is 2.22. The van der Waals surface area contributed by atoms with Crippen LogP contribution in [0, 0.1) is 11.7 Å². The molecule has 2 aromatic rings. The first-order chi connectivity index (χ1) is 14.3. The van der Waals surface area contributed by atoms with Crippen molar-refractivity contribution in [3.63, 3.8) is 0 Å². The molecule has 0 fully saturated rings. The number of halogens is 2. The van der Waals surface area contributed by atoms with E-state index in [1.165, 1.54) is 30.5 Å². The molecule has 2 rings (SSSR count). The van der Waals surface area contributed by atoms with Gasteiger partial charge in [-0.1, -0.05) is 36.7 Å². The van der Waals surface area contributed by atoms with Crippen LogP contribution in [0.5, 0.6) is 5.75 Å². The Bertz CT molecular complexity index is 901. The number of hydrazone groups is 1. The summed E-state index contributed by atoms with van der Waals surface area (Å²) in [5.41, 5.74) is 3.44. The number of benzene rings is 2. The summed E-state index contributed by atoms with van der Waals surface area (Å²) in [4.78, 5) is 25.0. The van der Waals surface area contributed by atoms with Crippen LogP contribution in [0.3, 0.4) is 0 Å². The smallest absolute Gasteiger partial charge is 0.262 e. The van der Waals surface area contributed by atoms with Crippen LogP contribution in [-0.2, 0) is 4.79 Å². The molecule has 2 N–H and O–H groups in total. The van der Waals surface area contributed by atoms with Crippen LogP contribution in [0.2, 0.25) is 0 Å². The van der Waals surface area contributed by atoms with Gasteiger partial charge in [0.2, 0.25) is 0 Å². The predicted molar refractivity (Wildman–Crippen MR) is 118 cm³/mol. The molecule has 0 aromatic heterocycles. The van der Waals surface area contributed by atoms with Gasteiger partial charge in [-0.25, -0.2) is 9.82 Å². The summed E-state index contributed by atoms with van der Waals surface area (Å²) in [5, 5.41) is 6.69. The van der Waals surface area contributed by atoms with Gasteiger partial charge in [-0.05, 0) is 54.8 Å². The standard InChI is InChI=1S/C22H25BrFN3O3/c1-4-11-30-19-10-7-17(23)12-16(19)13-25-27-22(29)20(14(2)3)26-21(28)15-5-8-18(24)9-6-15/h5-10,12-14,20H,4,11H2,1-3H3,(H,26,28)(H,27,29). The fourth-order valence-corrected chi connectivity index (χ4v) is 2.94. The van der Waals surface area contributed by atoms with Crippen molar-refractivity contribution in [3.8, 4) is 5.75 Å². The third kappa shape index (κ3) is 6.95. The topological polar surface area (TPSA) is 79.8 Å². The molecule has 0 aliphatic heterocycles. The maximum absolute atomic E-state index is 13.0. The summed E-state index contributed by atoms with van der Waals surface area (Å²) in [7, 11) is 0. The molecule has 0 aliphatic rings. The van der Waals surface area contributed by atoms with Crippen LogP contribution in [0.1, 0.15) is 43.1 Å². The van der Waals surface area contributed by atoms with Crippen LogP contribution in [0.4, 0.5) is 4.39 Å². The van der Waals surface area contributed by atoms with Gasteiger partial charge in [0.1, 0.15) is 17.6 Å². The first-order valence-electron chi connectivity index (χ1n) is 9.63. The van der Waals surface area contributed by atoms with E-state index in [2.05, 4.69) is 31.8 Å². The SMILES string of the molecule is CCCOc1ccc(Br)cc1C=NNC(=O)C(NC(=O)c1ccc(F)cc1)C(C)C. The van der Waals surface area contributed by atoms with Crippen LogP contribution in [-0.4, -0.2) is 30.7 Å². The van der Waals surface area contributed by atoms with Crippen molar-refractivity contribution in [1.29, 1.82) is 0 Å². The Morgan fingerprint density at radius 2 is 1.90 bits per heavy atom. The number of nitrogens with one attached hydrogen (secondary N) is 2. The first-order valence-corrected chi connectivity index (χ1v) is 10.4. The van der Waals surface area contributed by atoms with E-state index in [4.69, 9.17) is 4.74 Å². The van der Waals surface area contributed by atoms with Crippen molar-refractivity contribution >= 4 is 34.0 Å². The van der Waals surface area contributed by atoms with Crippen LogP contribution < -0.4 is 15.5 Å². The summed E-state index contributed by atoms with van der Waals surface area (Å²) in [6, 6.07) is 9.82. The molecule has 1 atom stereocenters. The average Bonchev–Trinajstić information content (AvgIpc) is 2.71. The van der Waals surface area contributed by atoms with Gasteiger partial charge in [-0.15, -0.1) is 0 Å². The molecule has 6 nitrogen and oxygen atoms in total. The van der Waals surface area contributed by atoms with Gasteiger partial charge in [0.15, 0.2) is 0 Å². The maximum Gasteiger partial charge on any atom is 0.262 e. The Morgan fingerprint density at radius 3 is 2.53 bits per heavy atom. The van der Waals surface area contributed by atoms with E-state index in [9.17, 15) is 14.0 Å². The van der Waals surface area contributed by atoms with Crippen molar-refractivity contribution in [3.05, 3.63) is 63.9 Å². The lowest BCUT2D eigenvalue weighted by Crippen LogP contribution is -2.48. The molecule has 30 heavy (non-hydrogen) atoms. The average molecular weight is 478 g/mol. The van der Waals surface area contributed by atoms with Crippen LogP contribution in [0.25, 0.3) is 0 Å². The number of carbonyl (C=O) groups is 2. The Balaban J connectivity index is 2.06. The number of nitrogens with zero attached hydrogens (tertiary/aromatic N) is 1. The van der Waals surface area contributed by atoms with Gasteiger partial charge >= 0.3 is 0 Å². The summed E-state index contributed by atoms with van der Waals surface area (Å²) >= 11 is 3.41. The van der Waals surface area contributed by atoms with Gasteiger partial charge in [-0.2, -0.15) is 5.10 Å². The number of hydrogen-bond donors (Lipinski definition) is 2. The van der Waals surface area contributed by atoms with Crippen molar-refractivity contribution in [2.24, 2.45) is 11.0 Å². The van der Waals surface area contributed by atoms with Gasteiger partial charge < -0.3 is 10.1 Å². The first kappa shape index (κ1) is 23.5. The molecule has 0 radical (unpaired) electrons. The number of hydrogen-bond acceptors (Lipinski definition) is 4. The predicted octanol–water partition coefficient (Wildman–Crippen LogP) is 4.28. The van der Waals surface area contributed by atoms with Crippen LogP contribution >= 0.6 is 15.9 Å². The Morgan fingerprint density at radius 1 is 1.20 bits per heavy atom. The minimum Gasteiger partial charge on any atom is -0.493 e. The lowest BCUT2D eigenvalue weighted by molar-refractivity contribution is -0.123. The fraction of sp³-hybridized carbons (Fsp3) is 0.318. The van der Waals surface area contributed by atoms with E-state index in [1.807, 2.05) is 39.0 Å². The molecular weight excluding hydrogens is 453 g/mol. The highest BCUT2D eigenvalue weighted by Gasteiger charge is 2.24. The normalized spacial score (nSPS) is 12.1. The largest absolute Gasteiger partial charge is 0.493 e. The zero-order valence-electron chi connectivity index (χ0n) is 17.1. The van der Waals surface area contributed by atoms with Crippen LogP contribution in [0.15, 0.2) is 52.0 Å². The van der Waals surface area contributed by atoms with E-state index in [0.717, 1.165) is 10.9 Å². The highest BCUT2D eigenvalue weighted by molar-refractivity contribution is 9.10. The van der Waals surface area contributed by atoms with Gasteiger partial charge in [-0.3, -0.25) is 9.59 Å². The second-order valence-electron chi connectivity index (χ2n) is 6.97. The molecule has 0 spiro atoms. The number of amides is 2. The van der Waals surface area contributed by atoms with Crippen molar-refractivity contribution in [2.75, 3.05) is 6.61 Å². The molecular formula is C22H25BrFN3O3. The lowest BCUT2D eigenvalue weighted by Gasteiger charge is -2.20. The summed E-state index contributed by atoms with van der Waals surface area (Å²) in [6.07, 6.45) is 2.36. The lowest BCUT2D eigenvalue weighted by atomic mass is 10.0. The molecule has 0 bridgehead atoms. The summed E-state index contributed by atoms with van der Waals surface area (Å²) in [6.45, 7) is 6.20. The molecule has 2 aromatic carbocycles. The zero-order chi connectivity index (χ0) is 22.1. The van der Waals surface area contributed by atoms with Gasteiger partial charge in [0.25, 0.3) is 11.8 Å². The van der Waals surface area contributed by atoms with Crippen molar-refractivity contribution in [2.45, 2.75) is 33.2 Å².